The standard InChI is InChI=1S/C14H20N2O4/c1-19-12-4-2-3-11(7-12)15-14(18)9-16-5-6-20-13(8-16)10-17/h2-4,7,13,17H,5-6,8-10H2,1H3,(H,15,18). The molecule has 1 unspecified atom stereocenters. The van der Waals surface area contributed by atoms with Gasteiger partial charge >= 0.3 is 0 Å². The van der Waals surface area contributed by atoms with Crippen molar-refractivity contribution in [2.75, 3.05) is 45.3 Å². The lowest BCUT2D eigenvalue weighted by Crippen LogP contribution is -2.46. The second-order valence-electron chi connectivity index (χ2n) is 4.69. The highest BCUT2D eigenvalue weighted by atomic mass is 16.5. The zero-order valence-corrected chi connectivity index (χ0v) is 11.5. The van der Waals surface area contributed by atoms with Crippen molar-refractivity contribution >= 4 is 11.6 Å². The summed E-state index contributed by atoms with van der Waals surface area (Å²) in [6, 6.07) is 7.23. The van der Waals surface area contributed by atoms with Gasteiger partial charge in [-0.05, 0) is 12.1 Å². The molecule has 20 heavy (non-hydrogen) atoms. The van der Waals surface area contributed by atoms with E-state index in [1.807, 2.05) is 23.1 Å². The average molecular weight is 280 g/mol. The van der Waals surface area contributed by atoms with Crippen molar-refractivity contribution in [1.82, 2.24) is 4.90 Å². The Balaban J connectivity index is 1.85. The minimum Gasteiger partial charge on any atom is -0.497 e. The number of morpholine rings is 1. The quantitative estimate of drug-likeness (QED) is 0.813. The van der Waals surface area contributed by atoms with Crippen LogP contribution in [-0.2, 0) is 9.53 Å². The maximum absolute atomic E-state index is 12.0. The van der Waals surface area contributed by atoms with Crippen LogP contribution in [0.25, 0.3) is 0 Å². The molecule has 1 aromatic carbocycles. The van der Waals surface area contributed by atoms with Crippen molar-refractivity contribution in [2.45, 2.75) is 6.10 Å². The smallest absolute Gasteiger partial charge is 0.238 e. The number of ether oxygens (including phenoxy) is 2. The van der Waals surface area contributed by atoms with E-state index in [4.69, 9.17) is 14.6 Å². The van der Waals surface area contributed by atoms with E-state index in [9.17, 15) is 4.79 Å². The molecule has 1 atom stereocenters. The molecule has 0 saturated carbocycles. The van der Waals surface area contributed by atoms with Gasteiger partial charge in [0.2, 0.25) is 5.91 Å². The van der Waals surface area contributed by atoms with Crippen molar-refractivity contribution in [3.8, 4) is 5.75 Å². The van der Waals surface area contributed by atoms with E-state index in [2.05, 4.69) is 5.32 Å². The summed E-state index contributed by atoms with van der Waals surface area (Å²) in [7, 11) is 1.59. The summed E-state index contributed by atoms with van der Waals surface area (Å²) in [5.41, 5.74) is 0.710. The summed E-state index contributed by atoms with van der Waals surface area (Å²) in [5, 5.41) is 11.9. The fraction of sp³-hybridized carbons (Fsp3) is 0.500. The van der Waals surface area contributed by atoms with Crippen molar-refractivity contribution in [3.63, 3.8) is 0 Å². The van der Waals surface area contributed by atoms with E-state index < -0.39 is 0 Å². The number of nitrogens with one attached hydrogen (secondary N) is 1. The number of methoxy groups -OCH3 is 1. The van der Waals surface area contributed by atoms with Crippen LogP contribution < -0.4 is 10.1 Å². The zero-order valence-electron chi connectivity index (χ0n) is 11.5. The molecule has 2 rings (SSSR count). The SMILES string of the molecule is COc1cccc(NC(=O)CN2CCOC(CO)C2)c1. The first-order chi connectivity index (χ1) is 9.71. The number of hydrogen-bond acceptors (Lipinski definition) is 5. The molecule has 6 heteroatoms. The molecule has 1 saturated heterocycles. The number of aliphatic hydroxyl groups excluding tert-OH is 1. The Morgan fingerprint density at radius 3 is 3.20 bits per heavy atom. The van der Waals surface area contributed by atoms with Gasteiger partial charge < -0.3 is 19.9 Å². The van der Waals surface area contributed by atoms with Crippen LogP contribution in [-0.4, -0.2) is 62.0 Å². The zero-order chi connectivity index (χ0) is 14.4. The van der Waals surface area contributed by atoms with Crippen LogP contribution in [0.15, 0.2) is 24.3 Å². The van der Waals surface area contributed by atoms with Gasteiger partial charge in [-0.3, -0.25) is 9.69 Å². The third-order valence-electron chi connectivity index (χ3n) is 3.15. The summed E-state index contributed by atoms with van der Waals surface area (Å²) in [4.78, 5) is 14.0. The van der Waals surface area contributed by atoms with Gasteiger partial charge in [0.15, 0.2) is 0 Å². The van der Waals surface area contributed by atoms with Crippen molar-refractivity contribution in [3.05, 3.63) is 24.3 Å². The van der Waals surface area contributed by atoms with Gasteiger partial charge in [-0.25, -0.2) is 0 Å². The van der Waals surface area contributed by atoms with E-state index in [0.717, 1.165) is 0 Å². The number of carbonyl (C=O) groups excluding carboxylic acids is 1. The first kappa shape index (κ1) is 14.8. The number of aliphatic hydroxyl groups is 1. The summed E-state index contributed by atoms with van der Waals surface area (Å²) in [6.45, 7) is 2.08. The number of benzene rings is 1. The third kappa shape index (κ3) is 4.19. The lowest BCUT2D eigenvalue weighted by molar-refractivity contribution is -0.120. The predicted octanol–water partition coefficient (Wildman–Crippen LogP) is 0.327. The number of amides is 1. The van der Waals surface area contributed by atoms with Crippen molar-refractivity contribution in [2.24, 2.45) is 0 Å². The van der Waals surface area contributed by atoms with Crippen LogP contribution >= 0.6 is 0 Å². The Hall–Kier alpha value is -1.63. The summed E-state index contributed by atoms with van der Waals surface area (Å²) >= 11 is 0. The highest BCUT2D eigenvalue weighted by Crippen LogP contribution is 2.16. The molecule has 0 bridgehead atoms. The fourth-order valence-electron chi connectivity index (χ4n) is 2.14. The maximum Gasteiger partial charge on any atom is 0.238 e. The summed E-state index contributed by atoms with van der Waals surface area (Å²) in [5.74, 6) is 0.617. The lowest BCUT2D eigenvalue weighted by Gasteiger charge is -2.31. The molecular weight excluding hydrogens is 260 g/mol. The molecule has 110 valence electrons. The normalized spacial score (nSPS) is 19.6. The molecular formula is C14H20N2O4. The first-order valence-electron chi connectivity index (χ1n) is 6.60. The minimum atomic E-state index is -0.201. The maximum atomic E-state index is 12.0. The predicted molar refractivity (Wildman–Crippen MR) is 74.9 cm³/mol. The van der Waals surface area contributed by atoms with E-state index in [-0.39, 0.29) is 25.2 Å². The molecule has 0 aliphatic carbocycles. The largest absolute Gasteiger partial charge is 0.497 e. The number of anilines is 1. The minimum absolute atomic E-state index is 0.0198. The number of hydrogen-bond donors (Lipinski definition) is 2. The third-order valence-corrected chi connectivity index (χ3v) is 3.15. The molecule has 1 heterocycles. The van der Waals surface area contributed by atoms with Gasteiger partial charge in [0.05, 0.1) is 33.0 Å². The van der Waals surface area contributed by atoms with Gasteiger partial charge in [0.25, 0.3) is 0 Å². The molecule has 1 aliphatic heterocycles. The molecule has 0 aromatic heterocycles. The van der Waals surface area contributed by atoms with Crippen LogP contribution in [0.1, 0.15) is 0 Å². The van der Waals surface area contributed by atoms with E-state index in [1.165, 1.54) is 0 Å². The number of carbonyl (C=O) groups is 1. The topological polar surface area (TPSA) is 71.0 Å². The van der Waals surface area contributed by atoms with Crippen LogP contribution in [0, 0.1) is 0 Å². The van der Waals surface area contributed by atoms with Crippen LogP contribution in [0.5, 0.6) is 5.75 Å². The van der Waals surface area contributed by atoms with Crippen molar-refractivity contribution < 1.29 is 19.4 Å². The molecule has 1 amide bonds. The van der Waals surface area contributed by atoms with Crippen LogP contribution in [0.2, 0.25) is 0 Å². The second-order valence-corrected chi connectivity index (χ2v) is 4.69. The first-order valence-corrected chi connectivity index (χ1v) is 6.60. The molecule has 1 fully saturated rings. The van der Waals surface area contributed by atoms with Crippen molar-refractivity contribution in [1.29, 1.82) is 0 Å². The Morgan fingerprint density at radius 1 is 1.60 bits per heavy atom. The highest BCUT2D eigenvalue weighted by molar-refractivity contribution is 5.92. The monoisotopic (exact) mass is 280 g/mol. The molecule has 0 spiro atoms. The Bertz CT molecular complexity index is 453. The average Bonchev–Trinajstić information content (AvgIpc) is 2.47. The number of nitrogens with zero attached hydrogens (tertiary/aromatic N) is 1. The summed E-state index contributed by atoms with van der Waals surface area (Å²) < 4.78 is 10.5. The van der Waals surface area contributed by atoms with Crippen LogP contribution in [0.3, 0.4) is 0 Å². The summed E-state index contributed by atoms with van der Waals surface area (Å²) in [6.07, 6.45) is -0.201. The van der Waals surface area contributed by atoms with E-state index >= 15 is 0 Å². The Morgan fingerprint density at radius 2 is 2.45 bits per heavy atom. The van der Waals surface area contributed by atoms with Gasteiger partial charge in [-0.2, -0.15) is 0 Å². The van der Waals surface area contributed by atoms with E-state index in [0.29, 0.717) is 31.1 Å². The Labute approximate surface area is 118 Å². The highest BCUT2D eigenvalue weighted by Gasteiger charge is 2.21. The molecule has 1 aromatic rings. The number of rotatable bonds is 5. The van der Waals surface area contributed by atoms with E-state index in [1.54, 1.807) is 13.2 Å². The van der Waals surface area contributed by atoms with Gasteiger partial charge in [-0.15, -0.1) is 0 Å². The molecule has 1 aliphatic rings. The molecule has 0 radical (unpaired) electrons. The second kappa shape index (κ2) is 7.23. The molecule has 2 N–H and O–H groups in total. The van der Waals surface area contributed by atoms with Gasteiger partial charge in [0, 0.05) is 24.8 Å². The van der Waals surface area contributed by atoms with Gasteiger partial charge in [-0.1, -0.05) is 6.07 Å². The molecule has 6 nitrogen and oxygen atoms in total. The van der Waals surface area contributed by atoms with Gasteiger partial charge in [0.1, 0.15) is 5.75 Å². The Kier molecular flexibility index (Phi) is 5.34. The fourth-order valence-corrected chi connectivity index (χ4v) is 2.14. The lowest BCUT2D eigenvalue weighted by atomic mass is 10.2. The van der Waals surface area contributed by atoms with Crippen LogP contribution in [0.4, 0.5) is 5.69 Å².